The van der Waals surface area contributed by atoms with Crippen LogP contribution in [0.1, 0.15) is 20.7 Å². The van der Waals surface area contributed by atoms with E-state index in [1.54, 1.807) is 12.1 Å². The number of carbonyl (C=O) groups is 2. The first-order valence-corrected chi connectivity index (χ1v) is 8.14. The number of fused-ring (bicyclic) bond motifs is 1. The number of benzene rings is 3. The average molecular weight is 405 g/mol. The summed E-state index contributed by atoms with van der Waals surface area (Å²) in [4.78, 5) is 23.7. The first-order chi connectivity index (χ1) is 11.4. The molecule has 3 aromatic carbocycles. The molecule has 0 saturated heterocycles. The molecule has 0 radical (unpaired) electrons. The van der Waals surface area contributed by atoms with E-state index >= 15 is 0 Å². The van der Waals surface area contributed by atoms with Gasteiger partial charge in [-0.2, -0.15) is 0 Å². The molecule has 3 aromatic rings. The van der Waals surface area contributed by atoms with Gasteiger partial charge in [-0.3, -0.25) is 4.79 Å². The summed E-state index contributed by atoms with van der Waals surface area (Å²) in [5.74, 6) is -1.54. The van der Waals surface area contributed by atoms with E-state index in [4.69, 9.17) is 11.6 Å². The molecule has 0 unspecified atom stereocenters. The van der Waals surface area contributed by atoms with Gasteiger partial charge in [-0.05, 0) is 53.2 Å². The number of nitrogens with one attached hydrogen (secondary N) is 1. The molecule has 0 atom stereocenters. The summed E-state index contributed by atoms with van der Waals surface area (Å²) < 4.78 is 0.958. The summed E-state index contributed by atoms with van der Waals surface area (Å²) in [5, 5.41) is 14.1. The second kappa shape index (κ2) is 6.63. The van der Waals surface area contributed by atoms with Crippen molar-refractivity contribution in [2.24, 2.45) is 0 Å². The van der Waals surface area contributed by atoms with Gasteiger partial charge in [-0.1, -0.05) is 39.7 Å². The number of carbonyl (C=O) groups excluding carboxylic acids is 1. The summed E-state index contributed by atoms with van der Waals surface area (Å²) in [7, 11) is 0. The van der Waals surface area contributed by atoms with Crippen LogP contribution in [0, 0.1) is 0 Å². The van der Waals surface area contributed by atoms with Crippen molar-refractivity contribution in [3.05, 3.63) is 75.2 Å². The number of hydrogen-bond donors (Lipinski definition) is 2. The lowest BCUT2D eigenvalue weighted by Crippen LogP contribution is -2.14. The molecule has 0 saturated carbocycles. The number of carboxylic acids is 1. The van der Waals surface area contributed by atoms with Gasteiger partial charge in [0.2, 0.25) is 0 Å². The molecule has 6 heteroatoms. The number of aromatic carboxylic acids is 1. The average Bonchev–Trinajstić information content (AvgIpc) is 2.55. The molecular formula is C18H11BrClNO3. The number of carboxylic acid groups (broad SMARTS) is 1. The predicted octanol–water partition coefficient (Wildman–Crippen LogP) is 5.21. The summed E-state index contributed by atoms with van der Waals surface area (Å²) >= 11 is 9.22. The predicted molar refractivity (Wildman–Crippen MR) is 98.0 cm³/mol. The Morgan fingerprint density at radius 1 is 0.958 bits per heavy atom. The monoisotopic (exact) mass is 403 g/mol. The smallest absolute Gasteiger partial charge is 0.337 e. The quantitative estimate of drug-likeness (QED) is 0.630. The van der Waals surface area contributed by atoms with E-state index in [1.165, 1.54) is 18.2 Å². The highest BCUT2D eigenvalue weighted by atomic mass is 79.9. The molecule has 2 N–H and O–H groups in total. The maximum Gasteiger partial charge on any atom is 0.337 e. The van der Waals surface area contributed by atoms with Crippen LogP contribution >= 0.6 is 27.5 Å². The van der Waals surface area contributed by atoms with Crippen molar-refractivity contribution in [3.63, 3.8) is 0 Å². The molecule has 0 aliphatic heterocycles. The van der Waals surface area contributed by atoms with E-state index in [2.05, 4.69) is 21.2 Å². The Morgan fingerprint density at radius 2 is 1.67 bits per heavy atom. The lowest BCUT2D eigenvalue weighted by molar-refractivity contribution is 0.0698. The van der Waals surface area contributed by atoms with Crippen LogP contribution in [0.2, 0.25) is 5.02 Å². The van der Waals surface area contributed by atoms with E-state index in [-0.39, 0.29) is 17.2 Å². The van der Waals surface area contributed by atoms with Crippen molar-refractivity contribution >= 4 is 55.9 Å². The Labute approximate surface area is 151 Å². The van der Waals surface area contributed by atoms with E-state index in [0.29, 0.717) is 10.6 Å². The van der Waals surface area contributed by atoms with Crippen molar-refractivity contribution in [2.45, 2.75) is 0 Å². The second-order valence-corrected chi connectivity index (χ2v) is 6.51. The first kappa shape index (κ1) is 16.5. The fraction of sp³-hybridized carbons (Fsp3) is 0. The van der Waals surface area contributed by atoms with E-state index < -0.39 is 5.97 Å². The number of halogens is 2. The number of hydrogen-bond acceptors (Lipinski definition) is 2. The molecule has 0 aliphatic carbocycles. The molecule has 4 nitrogen and oxygen atoms in total. The van der Waals surface area contributed by atoms with Crippen LogP contribution < -0.4 is 5.32 Å². The number of amides is 1. The molecule has 0 aromatic heterocycles. The Kier molecular flexibility index (Phi) is 4.55. The van der Waals surface area contributed by atoms with Crippen LogP contribution in [0.3, 0.4) is 0 Å². The highest BCUT2D eigenvalue weighted by Gasteiger charge is 2.14. The SMILES string of the molecule is O=C(Nc1ccc(Cl)cc1C(=O)O)c1ccc2cc(Br)ccc2c1. The van der Waals surface area contributed by atoms with Crippen molar-refractivity contribution in [3.8, 4) is 0 Å². The molecule has 0 fully saturated rings. The van der Waals surface area contributed by atoms with Crippen molar-refractivity contribution in [1.29, 1.82) is 0 Å². The van der Waals surface area contributed by atoms with Crippen LogP contribution in [0.25, 0.3) is 10.8 Å². The minimum Gasteiger partial charge on any atom is -0.478 e. The first-order valence-electron chi connectivity index (χ1n) is 6.97. The maximum absolute atomic E-state index is 12.4. The second-order valence-electron chi connectivity index (χ2n) is 5.16. The molecule has 1 amide bonds. The van der Waals surface area contributed by atoms with Crippen LogP contribution in [0.15, 0.2) is 59.1 Å². The van der Waals surface area contributed by atoms with Crippen molar-refractivity contribution in [1.82, 2.24) is 0 Å². The van der Waals surface area contributed by atoms with Crippen LogP contribution in [0.4, 0.5) is 5.69 Å². The molecule has 3 rings (SSSR count). The van der Waals surface area contributed by atoms with Crippen molar-refractivity contribution < 1.29 is 14.7 Å². The zero-order chi connectivity index (χ0) is 17.3. The summed E-state index contributed by atoms with van der Waals surface area (Å²) in [6.07, 6.45) is 0. The Morgan fingerprint density at radius 3 is 2.42 bits per heavy atom. The highest BCUT2D eigenvalue weighted by molar-refractivity contribution is 9.10. The third kappa shape index (κ3) is 3.42. The normalized spacial score (nSPS) is 10.6. The molecule has 24 heavy (non-hydrogen) atoms. The topological polar surface area (TPSA) is 66.4 Å². The fourth-order valence-corrected chi connectivity index (χ4v) is 2.91. The van der Waals surface area contributed by atoms with E-state index in [9.17, 15) is 14.7 Å². The minimum atomic E-state index is -1.16. The van der Waals surface area contributed by atoms with Crippen LogP contribution in [-0.2, 0) is 0 Å². The summed E-state index contributed by atoms with van der Waals surface area (Å²) in [6, 6.07) is 15.4. The van der Waals surface area contributed by atoms with Gasteiger partial charge in [0.05, 0.1) is 11.3 Å². The van der Waals surface area contributed by atoms with Gasteiger partial charge in [-0.15, -0.1) is 0 Å². The molecular weight excluding hydrogens is 394 g/mol. The lowest BCUT2D eigenvalue weighted by Gasteiger charge is -2.09. The molecule has 120 valence electrons. The van der Waals surface area contributed by atoms with Crippen LogP contribution in [-0.4, -0.2) is 17.0 Å². The summed E-state index contributed by atoms with van der Waals surface area (Å²) in [6.45, 7) is 0. The molecule has 0 aliphatic rings. The zero-order valence-electron chi connectivity index (χ0n) is 12.2. The zero-order valence-corrected chi connectivity index (χ0v) is 14.6. The lowest BCUT2D eigenvalue weighted by atomic mass is 10.1. The van der Waals surface area contributed by atoms with Gasteiger partial charge in [0.15, 0.2) is 0 Å². The Bertz CT molecular complexity index is 972. The van der Waals surface area contributed by atoms with Gasteiger partial charge in [0.1, 0.15) is 0 Å². The van der Waals surface area contributed by atoms with Gasteiger partial charge in [0.25, 0.3) is 5.91 Å². The molecule has 0 heterocycles. The fourth-order valence-electron chi connectivity index (χ4n) is 2.35. The Hall–Kier alpha value is -2.37. The Balaban J connectivity index is 1.93. The highest BCUT2D eigenvalue weighted by Crippen LogP contribution is 2.24. The third-order valence-corrected chi connectivity index (χ3v) is 4.25. The van der Waals surface area contributed by atoms with Gasteiger partial charge in [0, 0.05) is 15.1 Å². The van der Waals surface area contributed by atoms with E-state index in [1.807, 2.05) is 24.3 Å². The van der Waals surface area contributed by atoms with Gasteiger partial charge in [-0.25, -0.2) is 4.79 Å². The van der Waals surface area contributed by atoms with Gasteiger partial charge >= 0.3 is 5.97 Å². The number of rotatable bonds is 3. The maximum atomic E-state index is 12.4. The molecule has 0 spiro atoms. The number of anilines is 1. The standard InChI is InChI=1S/C18H11BrClNO3/c19-13-4-3-10-7-12(2-1-11(10)8-13)17(22)21-16-6-5-14(20)9-15(16)18(23)24/h1-9H,(H,21,22)(H,23,24). The third-order valence-electron chi connectivity index (χ3n) is 3.52. The van der Waals surface area contributed by atoms with E-state index in [0.717, 1.165) is 15.2 Å². The minimum absolute atomic E-state index is 0.0550. The van der Waals surface area contributed by atoms with Gasteiger partial charge < -0.3 is 10.4 Å². The van der Waals surface area contributed by atoms with Crippen molar-refractivity contribution in [2.75, 3.05) is 5.32 Å². The van der Waals surface area contributed by atoms with Crippen LogP contribution in [0.5, 0.6) is 0 Å². The molecule has 0 bridgehead atoms. The largest absolute Gasteiger partial charge is 0.478 e. The summed E-state index contributed by atoms with van der Waals surface area (Å²) in [5.41, 5.74) is 0.587.